The molecule has 0 radical (unpaired) electrons. The molecular formula is C11H15N5O. The van der Waals surface area contributed by atoms with Gasteiger partial charge in [0.15, 0.2) is 0 Å². The Morgan fingerprint density at radius 1 is 1.59 bits per heavy atom. The van der Waals surface area contributed by atoms with Gasteiger partial charge in [-0.25, -0.2) is 4.98 Å². The molecule has 0 atom stereocenters. The van der Waals surface area contributed by atoms with Crippen LogP contribution < -0.4 is 5.32 Å². The second-order valence-electron chi connectivity index (χ2n) is 3.83. The molecule has 0 aliphatic heterocycles. The highest BCUT2D eigenvalue weighted by Gasteiger charge is 2.11. The van der Waals surface area contributed by atoms with E-state index in [1.165, 1.54) is 0 Å². The fraction of sp³-hybridized carbons (Fsp3) is 0.364. The predicted molar refractivity (Wildman–Crippen MR) is 62.3 cm³/mol. The number of carbonyl (C=O) groups excluding carboxylic acids is 1. The number of H-pyrrole nitrogens is 1. The molecule has 1 amide bonds. The number of aryl methyl sites for hydroxylation is 2. The summed E-state index contributed by atoms with van der Waals surface area (Å²) in [5.74, 6) is 0.650. The number of nitrogens with one attached hydrogen (secondary N) is 2. The van der Waals surface area contributed by atoms with Crippen molar-refractivity contribution in [3.63, 3.8) is 0 Å². The second-order valence-corrected chi connectivity index (χ2v) is 3.83. The molecule has 0 fully saturated rings. The van der Waals surface area contributed by atoms with E-state index in [2.05, 4.69) is 20.5 Å². The van der Waals surface area contributed by atoms with Crippen LogP contribution in [0.4, 0.5) is 0 Å². The molecule has 0 bridgehead atoms. The Hall–Kier alpha value is -2.11. The van der Waals surface area contributed by atoms with Crippen LogP contribution in [0.5, 0.6) is 0 Å². The average Bonchev–Trinajstić information content (AvgIpc) is 2.94. The van der Waals surface area contributed by atoms with Gasteiger partial charge in [-0.15, -0.1) is 5.10 Å². The minimum Gasteiger partial charge on any atom is -0.357 e. The van der Waals surface area contributed by atoms with Gasteiger partial charge in [0.05, 0.1) is 0 Å². The number of rotatable bonds is 4. The number of hydrogen-bond donors (Lipinski definition) is 2. The van der Waals surface area contributed by atoms with Gasteiger partial charge in [-0.05, 0) is 11.6 Å². The highest BCUT2D eigenvalue weighted by Crippen LogP contribution is 1.99. The van der Waals surface area contributed by atoms with Gasteiger partial charge in [-0.2, -0.15) is 0 Å². The van der Waals surface area contributed by atoms with Gasteiger partial charge in [0, 0.05) is 32.4 Å². The Balaban J connectivity index is 1.93. The average molecular weight is 233 g/mol. The zero-order valence-corrected chi connectivity index (χ0v) is 9.90. The second kappa shape index (κ2) is 4.82. The monoisotopic (exact) mass is 233 g/mol. The van der Waals surface area contributed by atoms with E-state index in [0.29, 0.717) is 6.54 Å². The lowest BCUT2D eigenvalue weighted by Crippen LogP contribution is -2.23. The Labute approximate surface area is 99.1 Å². The lowest BCUT2D eigenvalue weighted by Gasteiger charge is -1.99. The summed E-state index contributed by atoms with van der Waals surface area (Å²) in [6.07, 6.45) is 4.62. The smallest absolute Gasteiger partial charge is 0.291 e. The van der Waals surface area contributed by atoms with Crippen molar-refractivity contribution in [3.8, 4) is 0 Å². The van der Waals surface area contributed by atoms with Crippen LogP contribution in [0, 0.1) is 0 Å². The number of nitrogens with zero attached hydrogens (tertiary/aromatic N) is 3. The van der Waals surface area contributed by atoms with E-state index in [1.54, 1.807) is 0 Å². The number of carbonyl (C=O) groups is 1. The topological polar surface area (TPSA) is 75.6 Å². The van der Waals surface area contributed by atoms with Gasteiger partial charge in [0.2, 0.25) is 5.82 Å². The summed E-state index contributed by atoms with van der Waals surface area (Å²) < 4.78 is 1.93. The van der Waals surface area contributed by atoms with Crippen molar-refractivity contribution in [1.29, 1.82) is 0 Å². The Morgan fingerprint density at radius 3 is 3.00 bits per heavy atom. The molecule has 0 aromatic carbocycles. The summed E-state index contributed by atoms with van der Waals surface area (Å²) in [6, 6.07) is 1.95. The minimum atomic E-state index is -0.259. The highest BCUT2D eigenvalue weighted by molar-refractivity contribution is 5.90. The largest absolute Gasteiger partial charge is 0.357 e. The van der Waals surface area contributed by atoms with Crippen molar-refractivity contribution in [2.24, 2.45) is 7.05 Å². The summed E-state index contributed by atoms with van der Waals surface area (Å²) in [4.78, 5) is 15.8. The molecular weight excluding hydrogens is 218 g/mol. The normalized spacial score (nSPS) is 10.5. The quantitative estimate of drug-likeness (QED) is 0.813. The number of aromatic nitrogens is 4. The molecule has 17 heavy (non-hydrogen) atoms. The van der Waals surface area contributed by atoms with Crippen LogP contribution in [0.15, 0.2) is 18.5 Å². The van der Waals surface area contributed by atoms with Gasteiger partial charge >= 0.3 is 0 Å². The molecule has 0 aliphatic rings. The third kappa shape index (κ3) is 2.72. The Morgan fingerprint density at radius 2 is 2.41 bits per heavy atom. The van der Waals surface area contributed by atoms with Crippen LogP contribution in [-0.2, 0) is 20.0 Å². The van der Waals surface area contributed by atoms with Gasteiger partial charge in [0.25, 0.3) is 5.91 Å². The summed E-state index contributed by atoms with van der Waals surface area (Å²) >= 11 is 0. The maximum Gasteiger partial charge on any atom is 0.291 e. The Kier molecular flexibility index (Phi) is 3.22. The lowest BCUT2D eigenvalue weighted by atomic mass is 10.3. The SMILES string of the molecule is CCc1nc(C(=O)NCc2ccn(C)c2)n[nH]1. The van der Waals surface area contributed by atoms with Crippen molar-refractivity contribution >= 4 is 5.91 Å². The first kappa shape index (κ1) is 11.4. The molecule has 2 aromatic rings. The molecule has 0 saturated carbocycles. The van der Waals surface area contributed by atoms with Crippen molar-refractivity contribution in [2.75, 3.05) is 0 Å². The standard InChI is InChI=1S/C11H15N5O/c1-3-9-13-10(15-14-9)11(17)12-6-8-4-5-16(2)7-8/h4-5,7H,3,6H2,1-2H3,(H,12,17)(H,13,14,15). The molecule has 90 valence electrons. The van der Waals surface area contributed by atoms with Crippen molar-refractivity contribution in [3.05, 3.63) is 35.7 Å². The summed E-state index contributed by atoms with van der Waals surface area (Å²) in [6.45, 7) is 2.43. The minimum absolute atomic E-state index is 0.192. The zero-order chi connectivity index (χ0) is 12.3. The fourth-order valence-electron chi connectivity index (χ4n) is 1.48. The van der Waals surface area contributed by atoms with Gasteiger partial charge in [-0.3, -0.25) is 9.89 Å². The van der Waals surface area contributed by atoms with E-state index in [-0.39, 0.29) is 11.7 Å². The van der Waals surface area contributed by atoms with Crippen molar-refractivity contribution in [2.45, 2.75) is 19.9 Å². The maximum absolute atomic E-state index is 11.7. The number of aromatic amines is 1. The van der Waals surface area contributed by atoms with Crippen LogP contribution in [0.1, 0.15) is 28.9 Å². The molecule has 6 heteroatoms. The maximum atomic E-state index is 11.7. The molecule has 0 unspecified atom stereocenters. The summed E-state index contributed by atoms with van der Waals surface area (Å²) in [7, 11) is 1.94. The van der Waals surface area contributed by atoms with Crippen molar-refractivity contribution in [1.82, 2.24) is 25.1 Å². The van der Waals surface area contributed by atoms with E-state index in [4.69, 9.17) is 0 Å². The first-order valence-electron chi connectivity index (χ1n) is 5.49. The first-order chi connectivity index (χ1) is 8.19. The predicted octanol–water partition coefficient (Wildman–Crippen LogP) is 0.636. The molecule has 6 nitrogen and oxygen atoms in total. The molecule has 2 aromatic heterocycles. The van der Waals surface area contributed by atoms with Crippen LogP contribution >= 0.6 is 0 Å². The van der Waals surface area contributed by atoms with Crippen molar-refractivity contribution < 1.29 is 4.79 Å². The first-order valence-corrected chi connectivity index (χ1v) is 5.49. The van der Waals surface area contributed by atoms with Crippen LogP contribution in [0.3, 0.4) is 0 Å². The molecule has 2 heterocycles. The molecule has 0 spiro atoms. The third-order valence-electron chi connectivity index (χ3n) is 2.42. The van der Waals surface area contributed by atoms with Gasteiger partial charge in [0.1, 0.15) is 5.82 Å². The highest BCUT2D eigenvalue weighted by atomic mass is 16.2. The summed E-state index contributed by atoms with van der Waals surface area (Å²) in [5.41, 5.74) is 1.05. The Bertz CT molecular complexity index is 513. The lowest BCUT2D eigenvalue weighted by molar-refractivity contribution is 0.0941. The van der Waals surface area contributed by atoms with E-state index >= 15 is 0 Å². The molecule has 2 N–H and O–H groups in total. The fourth-order valence-corrected chi connectivity index (χ4v) is 1.48. The van der Waals surface area contributed by atoms with Crippen LogP contribution in [0.2, 0.25) is 0 Å². The zero-order valence-electron chi connectivity index (χ0n) is 9.90. The third-order valence-corrected chi connectivity index (χ3v) is 2.42. The van der Waals surface area contributed by atoms with E-state index in [9.17, 15) is 4.79 Å². The number of hydrogen-bond acceptors (Lipinski definition) is 3. The van der Waals surface area contributed by atoms with E-state index in [0.717, 1.165) is 17.8 Å². The molecule has 0 aliphatic carbocycles. The van der Waals surface area contributed by atoms with Gasteiger partial charge < -0.3 is 9.88 Å². The van der Waals surface area contributed by atoms with E-state index < -0.39 is 0 Å². The molecule has 2 rings (SSSR count). The van der Waals surface area contributed by atoms with Crippen LogP contribution in [-0.4, -0.2) is 25.7 Å². The number of amides is 1. The molecule has 0 saturated heterocycles. The summed E-state index contributed by atoms with van der Waals surface area (Å²) in [5, 5.41) is 9.33. The van der Waals surface area contributed by atoms with Crippen LogP contribution in [0.25, 0.3) is 0 Å². The van der Waals surface area contributed by atoms with Gasteiger partial charge in [-0.1, -0.05) is 6.92 Å². The van der Waals surface area contributed by atoms with E-state index in [1.807, 2.05) is 37.0 Å².